The van der Waals surface area contributed by atoms with Gasteiger partial charge in [-0.15, -0.1) is 0 Å². The fourth-order valence-electron chi connectivity index (χ4n) is 2.80. The highest BCUT2D eigenvalue weighted by atomic mass is 16.5. The Balaban J connectivity index is 1.79. The van der Waals surface area contributed by atoms with Crippen molar-refractivity contribution in [1.82, 2.24) is 10.3 Å². The first-order valence-corrected chi connectivity index (χ1v) is 7.73. The molecule has 4 heteroatoms. The van der Waals surface area contributed by atoms with Gasteiger partial charge in [-0.2, -0.15) is 0 Å². The van der Waals surface area contributed by atoms with Gasteiger partial charge in [0, 0.05) is 39.5 Å². The highest BCUT2D eigenvalue weighted by molar-refractivity contribution is 5.40. The zero-order chi connectivity index (χ0) is 14.2. The Morgan fingerprint density at radius 3 is 3.05 bits per heavy atom. The number of aromatic nitrogens is 1. The Morgan fingerprint density at radius 2 is 2.35 bits per heavy atom. The molecule has 0 aromatic carbocycles. The number of anilines is 1. The first-order chi connectivity index (χ1) is 9.83. The average molecular weight is 277 g/mol. The standard InChI is InChI=1S/C16H27N3O/c1-3-4-14-7-9-19(13-14)16-6-5-15(12-18-16)11-17-8-10-20-2/h5-6,12,14,17H,3-4,7-11,13H2,1-2H3. The molecule has 2 rings (SSSR count). The van der Waals surface area contributed by atoms with Crippen LogP contribution in [0.5, 0.6) is 0 Å². The van der Waals surface area contributed by atoms with E-state index in [1.807, 2.05) is 6.20 Å². The monoisotopic (exact) mass is 277 g/mol. The summed E-state index contributed by atoms with van der Waals surface area (Å²) in [6.07, 6.45) is 5.94. The molecule has 1 aromatic rings. The molecule has 1 unspecified atom stereocenters. The second-order valence-electron chi connectivity index (χ2n) is 5.58. The van der Waals surface area contributed by atoms with E-state index in [0.717, 1.165) is 38.0 Å². The first kappa shape index (κ1) is 15.3. The number of methoxy groups -OCH3 is 1. The van der Waals surface area contributed by atoms with Crippen molar-refractivity contribution in [1.29, 1.82) is 0 Å². The molecule has 2 heterocycles. The van der Waals surface area contributed by atoms with E-state index in [9.17, 15) is 0 Å². The number of ether oxygens (including phenoxy) is 1. The molecule has 1 atom stereocenters. The second kappa shape index (κ2) is 8.22. The minimum absolute atomic E-state index is 0.748. The molecular weight excluding hydrogens is 250 g/mol. The molecule has 4 nitrogen and oxygen atoms in total. The van der Waals surface area contributed by atoms with Gasteiger partial charge in [0.1, 0.15) is 5.82 Å². The molecule has 1 aromatic heterocycles. The summed E-state index contributed by atoms with van der Waals surface area (Å²) < 4.78 is 5.01. The normalized spacial score (nSPS) is 18.7. The number of nitrogens with zero attached hydrogens (tertiary/aromatic N) is 2. The Labute approximate surface area is 122 Å². The lowest BCUT2D eigenvalue weighted by molar-refractivity contribution is 0.199. The minimum Gasteiger partial charge on any atom is -0.383 e. The average Bonchev–Trinajstić information content (AvgIpc) is 2.93. The van der Waals surface area contributed by atoms with Crippen molar-refractivity contribution in [2.75, 3.05) is 38.3 Å². The van der Waals surface area contributed by atoms with Gasteiger partial charge in [0.15, 0.2) is 0 Å². The molecular formula is C16H27N3O. The maximum absolute atomic E-state index is 5.01. The van der Waals surface area contributed by atoms with Crippen LogP contribution in [0.25, 0.3) is 0 Å². The SMILES string of the molecule is CCCC1CCN(c2ccc(CNCCOC)cn2)C1. The van der Waals surface area contributed by atoms with Crippen LogP contribution in [-0.2, 0) is 11.3 Å². The topological polar surface area (TPSA) is 37.4 Å². The lowest BCUT2D eigenvalue weighted by atomic mass is 10.0. The van der Waals surface area contributed by atoms with E-state index in [0.29, 0.717) is 0 Å². The van der Waals surface area contributed by atoms with Crippen LogP contribution < -0.4 is 10.2 Å². The fourth-order valence-corrected chi connectivity index (χ4v) is 2.80. The maximum Gasteiger partial charge on any atom is 0.128 e. The van der Waals surface area contributed by atoms with Crippen molar-refractivity contribution in [3.63, 3.8) is 0 Å². The summed E-state index contributed by atoms with van der Waals surface area (Å²) in [6.45, 7) is 7.08. The minimum atomic E-state index is 0.748. The van der Waals surface area contributed by atoms with Gasteiger partial charge in [0.25, 0.3) is 0 Å². The molecule has 0 radical (unpaired) electrons. The molecule has 0 amide bonds. The van der Waals surface area contributed by atoms with E-state index in [1.165, 1.54) is 31.4 Å². The summed E-state index contributed by atoms with van der Waals surface area (Å²) in [5.74, 6) is 1.99. The van der Waals surface area contributed by atoms with Crippen molar-refractivity contribution in [2.45, 2.75) is 32.7 Å². The van der Waals surface area contributed by atoms with Gasteiger partial charge in [0.2, 0.25) is 0 Å². The van der Waals surface area contributed by atoms with Crippen LogP contribution in [0.1, 0.15) is 31.7 Å². The van der Waals surface area contributed by atoms with E-state index in [-0.39, 0.29) is 0 Å². The Bertz CT molecular complexity index is 380. The predicted octanol–water partition coefficient (Wildman–Crippen LogP) is 2.44. The van der Waals surface area contributed by atoms with Crippen LogP contribution in [0.2, 0.25) is 0 Å². The zero-order valence-corrected chi connectivity index (χ0v) is 12.8. The molecule has 0 saturated carbocycles. The van der Waals surface area contributed by atoms with Crippen LogP contribution in [0.15, 0.2) is 18.3 Å². The van der Waals surface area contributed by atoms with Crippen molar-refractivity contribution >= 4 is 5.82 Å². The highest BCUT2D eigenvalue weighted by Gasteiger charge is 2.22. The second-order valence-corrected chi connectivity index (χ2v) is 5.58. The Kier molecular flexibility index (Phi) is 6.27. The van der Waals surface area contributed by atoms with Gasteiger partial charge in [0.05, 0.1) is 6.61 Å². The van der Waals surface area contributed by atoms with Crippen molar-refractivity contribution in [2.24, 2.45) is 5.92 Å². The third-order valence-corrected chi connectivity index (χ3v) is 3.93. The Hall–Kier alpha value is -1.13. The summed E-state index contributed by atoms with van der Waals surface area (Å²) in [5, 5.41) is 3.34. The van der Waals surface area contributed by atoms with Gasteiger partial charge >= 0.3 is 0 Å². The number of pyridine rings is 1. The third-order valence-electron chi connectivity index (χ3n) is 3.93. The summed E-state index contributed by atoms with van der Waals surface area (Å²) in [7, 11) is 1.72. The van der Waals surface area contributed by atoms with Crippen molar-refractivity contribution in [3.05, 3.63) is 23.9 Å². The quantitative estimate of drug-likeness (QED) is 0.741. The summed E-state index contributed by atoms with van der Waals surface area (Å²) in [6, 6.07) is 4.33. The molecule has 1 fully saturated rings. The van der Waals surface area contributed by atoms with E-state index in [1.54, 1.807) is 7.11 Å². The molecule has 0 bridgehead atoms. The van der Waals surface area contributed by atoms with E-state index in [2.05, 4.69) is 34.3 Å². The lowest BCUT2D eigenvalue weighted by Gasteiger charge is -2.17. The Morgan fingerprint density at radius 1 is 1.45 bits per heavy atom. The smallest absolute Gasteiger partial charge is 0.128 e. The zero-order valence-electron chi connectivity index (χ0n) is 12.8. The number of rotatable bonds is 8. The van der Waals surface area contributed by atoms with Crippen LogP contribution in [-0.4, -0.2) is 38.3 Å². The van der Waals surface area contributed by atoms with Gasteiger partial charge in [-0.3, -0.25) is 0 Å². The van der Waals surface area contributed by atoms with E-state index >= 15 is 0 Å². The number of nitrogens with one attached hydrogen (secondary N) is 1. The maximum atomic E-state index is 5.01. The molecule has 0 spiro atoms. The fraction of sp³-hybridized carbons (Fsp3) is 0.688. The lowest BCUT2D eigenvalue weighted by Crippen LogP contribution is -2.21. The van der Waals surface area contributed by atoms with Crippen molar-refractivity contribution < 1.29 is 4.74 Å². The largest absolute Gasteiger partial charge is 0.383 e. The summed E-state index contributed by atoms with van der Waals surface area (Å²) in [4.78, 5) is 7.03. The molecule has 1 saturated heterocycles. The van der Waals surface area contributed by atoms with Crippen LogP contribution in [0, 0.1) is 5.92 Å². The van der Waals surface area contributed by atoms with E-state index < -0.39 is 0 Å². The van der Waals surface area contributed by atoms with Gasteiger partial charge in [-0.25, -0.2) is 4.98 Å². The predicted molar refractivity (Wildman–Crippen MR) is 83.0 cm³/mol. The third kappa shape index (κ3) is 4.46. The number of hydrogen-bond acceptors (Lipinski definition) is 4. The molecule has 1 aliphatic rings. The molecule has 20 heavy (non-hydrogen) atoms. The van der Waals surface area contributed by atoms with Crippen LogP contribution >= 0.6 is 0 Å². The van der Waals surface area contributed by atoms with Crippen molar-refractivity contribution in [3.8, 4) is 0 Å². The highest BCUT2D eigenvalue weighted by Crippen LogP contribution is 2.25. The molecule has 112 valence electrons. The summed E-state index contributed by atoms with van der Waals surface area (Å²) >= 11 is 0. The molecule has 1 N–H and O–H groups in total. The van der Waals surface area contributed by atoms with Gasteiger partial charge in [-0.05, 0) is 30.4 Å². The van der Waals surface area contributed by atoms with Crippen LogP contribution in [0.3, 0.4) is 0 Å². The van der Waals surface area contributed by atoms with Gasteiger partial charge in [-0.1, -0.05) is 19.4 Å². The summed E-state index contributed by atoms with van der Waals surface area (Å²) in [5.41, 5.74) is 1.23. The molecule has 1 aliphatic heterocycles. The first-order valence-electron chi connectivity index (χ1n) is 7.73. The molecule has 0 aliphatic carbocycles. The van der Waals surface area contributed by atoms with Crippen LogP contribution in [0.4, 0.5) is 5.82 Å². The van der Waals surface area contributed by atoms with Gasteiger partial charge < -0.3 is 15.0 Å². The van der Waals surface area contributed by atoms with E-state index in [4.69, 9.17) is 4.74 Å². The number of hydrogen-bond donors (Lipinski definition) is 1.